The molecular weight excluding hydrogens is 258 g/mol. The highest BCUT2D eigenvalue weighted by Gasteiger charge is 2.53. The zero-order valence-corrected chi connectivity index (χ0v) is 12.8. The topological polar surface area (TPSA) is 51.8 Å². The van der Waals surface area contributed by atoms with E-state index in [0.29, 0.717) is 0 Å². The number of aryl methyl sites for hydroxylation is 1. The average Bonchev–Trinajstić information content (AvgIpc) is 2.46. The van der Waals surface area contributed by atoms with Crippen LogP contribution in [-0.4, -0.2) is 9.97 Å². The molecule has 0 amide bonds. The minimum absolute atomic E-state index is 0.287. The van der Waals surface area contributed by atoms with Crippen LogP contribution in [-0.2, 0) is 18.3 Å². The molecule has 6 rings (SSSR count). The number of nitrogens with zero attached hydrogens (tertiary/aromatic N) is 2. The lowest BCUT2D eigenvalue weighted by Crippen LogP contribution is -2.49. The van der Waals surface area contributed by atoms with Crippen molar-refractivity contribution in [3.63, 3.8) is 0 Å². The van der Waals surface area contributed by atoms with Gasteiger partial charge in [-0.3, -0.25) is 0 Å². The second-order valence-corrected chi connectivity index (χ2v) is 8.26. The quantitative estimate of drug-likeness (QED) is 0.859. The van der Waals surface area contributed by atoms with E-state index >= 15 is 0 Å². The number of anilines is 1. The van der Waals surface area contributed by atoms with Crippen LogP contribution in [0.2, 0.25) is 0 Å². The van der Waals surface area contributed by atoms with Crippen LogP contribution in [0.15, 0.2) is 0 Å². The summed E-state index contributed by atoms with van der Waals surface area (Å²) < 4.78 is 0. The average molecular weight is 283 g/mol. The zero-order valence-electron chi connectivity index (χ0n) is 12.8. The fraction of sp³-hybridized carbons (Fsp3) is 0.778. The molecule has 1 heterocycles. The molecular formula is C18H25N3. The van der Waals surface area contributed by atoms with E-state index in [0.717, 1.165) is 42.2 Å². The fourth-order valence-electron chi connectivity index (χ4n) is 6.24. The van der Waals surface area contributed by atoms with Crippen molar-refractivity contribution in [1.29, 1.82) is 0 Å². The molecule has 0 spiro atoms. The number of aromatic nitrogens is 2. The van der Waals surface area contributed by atoms with Gasteiger partial charge in [-0.1, -0.05) is 0 Å². The summed E-state index contributed by atoms with van der Waals surface area (Å²) in [4.78, 5) is 9.92. The summed E-state index contributed by atoms with van der Waals surface area (Å²) in [5.41, 5.74) is 9.13. The summed E-state index contributed by atoms with van der Waals surface area (Å²) in [5, 5.41) is 0. The summed E-state index contributed by atoms with van der Waals surface area (Å²) in [6, 6.07) is 0. The Morgan fingerprint density at radius 3 is 2.14 bits per heavy atom. The Morgan fingerprint density at radius 2 is 1.48 bits per heavy atom. The van der Waals surface area contributed by atoms with Gasteiger partial charge in [0, 0.05) is 16.7 Å². The van der Waals surface area contributed by atoms with Crippen molar-refractivity contribution in [2.75, 3.05) is 5.73 Å². The number of hydrogen-bond donors (Lipinski definition) is 1. The molecule has 21 heavy (non-hydrogen) atoms. The van der Waals surface area contributed by atoms with Crippen molar-refractivity contribution in [3.05, 3.63) is 17.1 Å². The molecule has 1 aromatic heterocycles. The van der Waals surface area contributed by atoms with Gasteiger partial charge in [-0.2, -0.15) is 0 Å². The Labute approximate surface area is 126 Å². The van der Waals surface area contributed by atoms with Crippen LogP contribution >= 0.6 is 0 Å². The van der Waals surface area contributed by atoms with E-state index in [1.54, 1.807) is 0 Å². The van der Waals surface area contributed by atoms with E-state index in [-0.39, 0.29) is 5.41 Å². The van der Waals surface area contributed by atoms with E-state index in [1.165, 1.54) is 62.6 Å². The highest BCUT2D eigenvalue weighted by atomic mass is 15.0. The number of hydrogen-bond acceptors (Lipinski definition) is 3. The van der Waals surface area contributed by atoms with Crippen LogP contribution in [0, 0.1) is 17.8 Å². The standard InChI is InChI=1S/C18H25N3/c19-16-14-3-1-2-4-15(14)20-17(21-16)18-8-11-5-12(9-18)7-13(6-11)10-18/h11-13H,1-10H2,(H2,19,20,21). The van der Waals surface area contributed by atoms with Gasteiger partial charge in [-0.05, 0) is 82.0 Å². The molecule has 3 nitrogen and oxygen atoms in total. The maximum Gasteiger partial charge on any atom is 0.137 e. The van der Waals surface area contributed by atoms with Crippen LogP contribution in [0.4, 0.5) is 5.82 Å². The third kappa shape index (κ3) is 1.79. The molecule has 4 bridgehead atoms. The summed E-state index contributed by atoms with van der Waals surface area (Å²) >= 11 is 0. The molecule has 0 saturated heterocycles. The number of fused-ring (bicyclic) bond motifs is 1. The Bertz CT molecular complexity index is 557. The van der Waals surface area contributed by atoms with Gasteiger partial charge in [0.2, 0.25) is 0 Å². The third-order valence-electron chi connectivity index (χ3n) is 6.73. The van der Waals surface area contributed by atoms with E-state index in [9.17, 15) is 0 Å². The first-order valence-electron chi connectivity index (χ1n) is 8.88. The largest absolute Gasteiger partial charge is 0.383 e. The van der Waals surface area contributed by atoms with Crippen molar-refractivity contribution < 1.29 is 0 Å². The molecule has 112 valence electrons. The molecule has 0 radical (unpaired) electrons. The van der Waals surface area contributed by atoms with Crippen molar-refractivity contribution >= 4 is 5.82 Å². The monoisotopic (exact) mass is 283 g/mol. The summed E-state index contributed by atoms with van der Waals surface area (Å²) in [5.74, 6) is 4.75. The van der Waals surface area contributed by atoms with Gasteiger partial charge in [0.25, 0.3) is 0 Å². The Kier molecular flexibility index (Phi) is 2.49. The van der Waals surface area contributed by atoms with Crippen molar-refractivity contribution in [3.8, 4) is 0 Å². The van der Waals surface area contributed by atoms with Gasteiger partial charge in [-0.25, -0.2) is 9.97 Å². The van der Waals surface area contributed by atoms with Gasteiger partial charge in [0.1, 0.15) is 11.6 Å². The smallest absolute Gasteiger partial charge is 0.137 e. The maximum atomic E-state index is 6.31. The molecule has 0 aromatic carbocycles. The lowest BCUT2D eigenvalue weighted by molar-refractivity contribution is -0.00946. The van der Waals surface area contributed by atoms with Crippen LogP contribution in [0.5, 0.6) is 0 Å². The summed E-state index contributed by atoms with van der Waals surface area (Å²) in [6.45, 7) is 0. The highest BCUT2D eigenvalue weighted by molar-refractivity contribution is 5.44. The van der Waals surface area contributed by atoms with Gasteiger partial charge in [-0.15, -0.1) is 0 Å². The normalized spacial score (nSPS) is 40.3. The van der Waals surface area contributed by atoms with Crippen molar-refractivity contribution in [2.45, 2.75) is 69.6 Å². The lowest BCUT2D eigenvalue weighted by atomic mass is 9.49. The van der Waals surface area contributed by atoms with Crippen LogP contribution in [0.1, 0.15) is 68.4 Å². The Balaban J connectivity index is 1.59. The fourth-order valence-corrected chi connectivity index (χ4v) is 6.24. The van der Waals surface area contributed by atoms with E-state index < -0.39 is 0 Å². The first-order chi connectivity index (χ1) is 10.2. The lowest BCUT2D eigenvalue weighted by Gasteiger charge is -2.56. The van der Waals surface area contributed by atoms with Crippen LogP contribution in [0.3, 0.4) is 0 Å². The molecule has 5 aliphatic rings. The Hall–Kier alpha value is -1.12. The first-order valence-corrected chi connectivity index (χ1v) is 8.88. The molecule has 4 saturated carbocycles. The Morgan fingerprint density at radius 1 is 0.857 bits per heavy atom. The third-order valence-corrected chi connectivity index (χ3v) is 6.73. The molecule has 3 heteroatoms. The zero-order chi connectivity index (χ0) is 14.0. The molecule has 0 atom stereocenters. The summed E-state index contributed by atoms with van der Waals surface area (Å²) in [7, 11) is 0. The SMILES string of the molecule is Nc1nc(C23CC4CC(CC(C4)C2)C3)nc2c1CCCC2. The van der Waals surface area contributed by atoms with E-state index in [4.69, 9.17) is 15.7 Å². The molecule has 5 aliphatic carbocycles. The minimum atomic E-state index is 0.287. The van der Waals surface area contributed by atoms with E-state index in [2.05, 4.69) is 0 Å². The second kappa shape index (κ2) is 4.21. The first kappa shape index (κ1) is 12.4. The van der Waals surface area contributed by atoms with Gasteiger partial charge < -0.3 is 5.73 Å². The number of rotatable bonds is 1. The number of nitrogens with two attached hydrogens (primary N) is 1. The molecule has 2 N–H and O–H groups in total. The minimum Gasteiger partial charge on any atom is -0.383 e. The van der Waals surface area contributed by atoms with Crippen molar-refractivity contribution in [1.82, 2.24) is 9.97 Å². The van der Waals surface area contributed by atoms with E-state index in [1.807, 2.05) is 0 Å². The maximum absolute atomic E-state index is 6.31. The molecule has 0 aliphatic heterocycles. The predicted octanol–water partition coefficient (Wildman–Crippen LogP) is 3.41. The van der Waals surface area contributed by atoms with Crippen LogP contribution < -0.4 is 5.73 Å². The summed E-state index contributed by atoms with van der Waals surface area (Å²) in [6.07, 6.45) is 13.1. The molecule has 0 unspecified atom stereocenters. The van der Waals surface area contributed by atoms with Gasteiger partial charge >= 0.3 is 0 Å². The molecule has 4 fully saturated rings. The van der Waals surface area contributed by atoms with Crippen molar-refractivity contribution in [2.24, 2.45) is 17.8 Å². The number of nitrogen functional groups attached to an aromatic ring is 1. The highest BCUT2D eigenvalue weighted by Crippen LogP contribution is 2.60. The van der Waals surface area contributed by atoms with Gasteiger partial charge in [0.15, 0.2) is 0 Å². The predicted molar refractivity (Wildman–Crippen MR) is 82.9 cm³/mol. The second-order valence-electron chi connectivity index (χ2n) is 8.26. The van der Waals surface area contributed by atoms with Crippen LogP contribution in [0.25, 0.3) is 0 Å². The molecule has 1 aromatic rings. The van der Waals surface area contributed by atoms with Gasteiger partial charge in [0.05, 0.1) is 0 Å².